The largest absolute Gasteiger partial charge is 0.497 e. The lowest BCUT2D eigenvalue weighted by Crippen LogP contribution is -2.32. The molecule has 0 saturated heterocycles. The maximum absolute atomic E-state index is 10.2. The molecular formula is C20H27NO5. The highest BCUT2D eigenvalue weighted by Gasteiger charge is 2.10. The van der Waals surface area contributed by atoms with Gasteiger partial charge in [-0.3, -0.25) is 4.90 Å². The molecular weight excluding hydrogens is 334 g/mol. The molecule has 2 rings (SSSR count). The molecule has 0 aliphatic carbocycles. The van der Waals surface area contributed by atoms with E-state index in [1.807, 2.05) is 60.5 Å². The Kier molecular flexibility index (Phi) is 8.21. The minimum Gasteiger partial charge on any atom is -0.497 e. The van der Waals surface area contributed by atoms with Crippen LogP contribution in [0, 0.1) is 0 Å². The topological polar surface area (TPSA) is 71.4 Å². The van der Waals surface area contributed by atoms with Crippen LogP contribution in [0.15, 0.2) is 48.5 Å². The Morgan fingerprint density at radius 3 is 2.12 bits per heavy atom. The zero-order valence-electron chi connectivity index (χ0n) is 15.3. The molecule has 1 atom stereocenters. The van der Waals surface area contributed by atoms with Gasteiger partial charge in [-0.25, -0.2) is 0 Å². The van der Waals surface area contributed by atoms with Crippen molar-refractivity contribution in [3.05, 3.63) is 54.1 Å². The summed E-state index contributed by atoms with van der Waals surface area (Å²) in [4.78, 5) is 2.03. The smallest absolute Gasteiger partial charge is 0.119 e. The third-order valence-electron chi connectivity index (χ3n) is 3.76. The summed E-state index contributed by atoms with van der Waals surface area (Å²) in [6, 6.07) is 15.0. The van der Waals surface area contributed by atoms with Crippen molar-refractivity contribution in [2.45, 2.75) is 12.6 Å². The van der Waals surface area contributed by atoms with E-state index in [9.17, 15) is 5.11 Å². The summed E-state index contributed by atoms with van der Waals surface area (Å²) in [5.41, 5.74) is 1.12. The Hall–Kier alpha value is -2.28. The van der Waals surface area contributed by atoms with Gasteiger partial charge in [0.05, 0.1) is 13.7 Å². The molecule has 0 aliphatic heterocycles. The number of aliphatic hydroxyl groups is 2. The number of benzene rings is 2. The molecule has 0 amide bonds. The fourth-order valence-corrected chi connectivity index (χ4v) is 2.51. The van der Waals surface area contributed by atoms with Gasteiger partial charge in [-0.15, -0.1) is 0 Å². The van der Waals surface area contributed by atoms with Gasteiger partial charge in [0, 0.05) is 13.1 Å². The molecule has 142 valence electrons. The highest BCUT2D eigenvalue weighted by Crippen LogP contribution is 2.17. The Labute approximate surface area is 154 Å². The minimum atomic E-state index is -0.589. The van der Waals surface area contributed by atoms with Crippen molar-refractivity contribution in [2.24, 2.45) is 0 Å². The number of nitrogens with zero attached hydrogens (tertiary/aromatic N) is 1. The SMILES string of the molecule is COc1ccc(OC[C@H](O)CN(C)Cc2ccc(OCCO)cc2)cc1. The maximum Gasteiger partial charge on any atom is 0.119 e. The summed E-state index contributed by atoms with van der Waals surface area (Å²) < 4.78 is 16.0. The van der Waals surface area contributed by atoms with Crippen molar-refractivity contribution >= 4 is 0 Å². The van der Waals surface area contributed by atoms with Crippen molar-refractivity contribution in [3.8, 4) is 17.2 Å². The van der Waals surface area contributed by atoms with Gasteiger partial charge in [-0.05, 0) is 49.0 Å². The van der Waals surface area contributed by atoms with E-state index in [0.717, 1.165) is 17.1 Å². The van der Waals surface area contributed by atoms with E-state index in [1.54, 1.807) is 7.11 Å². The first-order chi connectivity index (χ1) is 12.6. The molecule has 0 fully saturated rings. The van der Waals surface area contributed by atoms with Crippen LogP contribution in [0.25, 0.3) is 0 Å². The number of methoxy groups -OCH3 is 1. The number of likely N-dealkylation sites (N-methyl/N-ethyl adjacent to an activating group) is 1. The average molecular weight is 361 g/mol. The van der Waals surface area contributed by atoms with Crippen molar-refractivity contribution < 1.29 is 24.4 Å². The van der Waals surface area contributed by atoms with E-state index >= 15 is 0 Å². The van der Waals surface area contributed by atoms with Crippen LogP contribution in [0.1, 0.15) is 5.56 Å². The van der Waals surface area contributed by atoms with Crippen LogP contribution in [0.3, 0.4) is 0 Å². The summed E-state index contributed by atoms with van der Waals surface area (Å²) in [7, 11) is 3.57. The predicted molar refractivity (Wildman–Crippen MR) is 99.9 cm³/mol. The molecule has 0 bridgehead atoms. The molecule has 26 heavy (non-hydrogen) atoms. The number of ether oxygens (including phenoxy) is 3. The number of aliphatic hydroxyl groups excluding tert-OH is 2. The second-order valence-electron chi connectivity index (χ2n) is 6.05. The van der Waals surface area contributed by atoms with Gasteiger partial charge >= 0.3 is 0 Å². The zero-order valence-corrected chi connectivity index (χ0v) is 15.3. The number of hydrogen-bond acceptors (Lipinski definition) is 6. The first-order valence-electron chi connectivity index (χ1n) is 8.56. The van der Waals surface area contributed by atoms with Gasteiger partial charge in [0.15, 0.2) is 0 Å². The van der Waals surface area contributed by atoms with E-state index < -0.39 is 6.10 Å². The van der Waals surface area contributed by atoms with Crippen molar-refractivity contribution in [2.75, 3.05) is 40.5 Å². The minimum absolute atomic E-state index is 0.000967. The normalized spacial score (nSPS) is 12.0. The van der Waals surface area contributed by atoms with Gasteiger partial charge in [0.1, 0.15) is 36.6 Å². The fourth-order valence-electron chi connectivity index (χ4n) is 2.51. The summed E-state index contributed by atoms with van der Waals surface area (Å²) in [6.45, 7) is 1.73. The van der Waals surface area contributed by atoms with Crippen LogP contribution in [-0.2, 0) is 6.54 Å². The number of hydrogen-bond donors (Lipinski definition) is 2. The predicted octanol–water partition coefficient (Wildman–Crippen LogP) is 1.94. The summed E-state index contributed by atoms with van der Waals surface area (Å²) >= 11 is 0. The lowest BCUT2D eigenvalue weighted by Gasteiger charge is -2.21. The highest BCUT2D eigenvalue weighted by atomic mass is 16.5. The monoisotopic (exact) mass is 361 g/mol. The molecule has 0 saturated carbocycles. The molecule has 6 nitrogen and oxygen atoms in total. The van der Waals surface area contributed by atoms with Crippen LogP contribution in [0.2, 0.25) is 0 Å². The molecule has 2 aromatic carbocycles. The lowest BCUT2D eigenvalue weighted by molar-refractivity contribution is 0.0743. The molecule has 0 aromatic heterocycles. The highest BCUT2D eigenvalue weighted by molar-refractivity contribution is 5.31. The Morgan fingerprint density at radius 1 is 0.923 bits per heavy atom. The molecule has 0 spiro atoms. The molecule has 0 aliphatic rings. The van der Waals surface area contributed by atoms with E-state index in [-0.39, 0.29) is 13.2 Å². The first-order valence-corrected chi connectivity index (χ1v) is 8.56. The Bertz CT molecular complexity index is 630. The Morgan fingerprint density at radius 2 is 1.50 bits per heavy atom. The van der Waals surface area contributed by atoms with Gasteiger partial charge in [-0.1, -0.05) is 12.1 Å². The first kappa shape index (κ1) is 20.0. The zero-order chi connectivity index (χ0) is 18.8. The van der Waals surface area contributed by atoms with Crippen LogP contribution < -0.4 is 14.2 Å². The third kappa shape index (κ3) is 6.92. The van der Waals surface area contributed by atoms with Gasteiger partial charge in [0.2, 0.25) is 0 Å². The van der Waals surface area contributed by atoms with Crippen LogP contribution >= 0.6 is 0 Å². The van der Waals surface area contributed by atoms with E-state index in [0.29, 0.717) is 25.4 Å². The van der Waals surface area contributed by atoms with E-state index in [1.165, 1.54) is 0 Å². The van der Waals surface area contributed by atoms with Crippen LogP contribution in [-0.4, -0.2) is 61.7 Å². The fraction of sp³-hybridized carbons (Fsp3) is 0.400. The van der Waals surface area contributed by atoms with Crippen LogP contribution in [0.5, 0.6) is 17.2 Å². The summed E-state index contributed by atoms with van der Waals surface area (Å²) in [5, 5.41) is 18.9. The number of rotatable bonds is 11. The Balaban J connectivity index is 1.72. The van der Waals surface area contributed by atoms with E-state index in [4.69, 9.17) is 19.3 Å². The molecule has 0 heterocycles. The summed E-state index contributed by atoms with van der Waals surface area (Å²) in [6.07, 6.45) is -0.589. The van der Waals surface area contributed by atoms with E-state index in [2.05, 4.69) is 0 Å². The van der Waals surface area contributed by atoms with Crippen molar-refractivity contribution in [3.63, 3.8) is 0 Å². The van der Waals surface area contributed by atoms with Gasteiger partial charge in [-0.2, -0.15) is 0 Å². The van der Waals surface area contributed by atoms with Crippen LogP contribution in [0.4, 0.5) is 0 Å². The van der Waals surface area contributed by atoms with Gasteiger partial charge in [0.25, 0.3) is 0 Å². The quantitative estimate of drug-likeness (QED) is 0.637. The maximum atomic E-state index is 10.2. The lowest BCUT2D eigenvalue weighted by atomic mass is 10.2. The van der Waals surface area contributed by atoms with Gasteiger partial charge < -0.3 is 24.4 Å². The third-order valence-corrected chi connectivity index (χ3v) is 3.76. The second kappa shape index (κ2) is 10.7. The van der Waals surface area contributed by atoms with Crippen molar-refractivity contribution in [1.82, 2.24) is 4.90 Å². The molecule has 0 unspecified atom stereocenters. The molecule has 0 radical (unpaired) electrons. The molecule has 2 aromatic rings. The molecule has 2 N–H and O–H groups in total. The summed E-state index contributed by atoms with van der Waals surface area (Å²) in [5.74, 6) is 2.20. The second-order valence-corrected chi connectivity index (χ2v) is 6.05. The van der Waals surface area contributed by atoms with Crippen molar-refractivity contribution in [1.29, 1.82) is 0 Å². The average Bonchev–Trinajstić information content (AvgIpc) is 2.66. The molecule has 6 heteroatoms. The standard InChI is InChI=1S/C20H27NO5/c1-21(13-16-3-5-19(6-4-16)25-12-11-22)14-17(23)15-26-20-9-7-18(24-2)8-10-20/h3-10,17,22-23H,11-15H2,1-2H3/t17-/m1/s1.